The third-order valence-electron chi connectivity index (χ3n) is 2.01. The van der Waals surface area contributed by atoms with Crippen molar-refractivity contribution in [2.24, 2.45) is 0 Å². The number of rotatable bonds is 4. The summed E-state index contributed by atoms with van der Waals surface area (Å²) in [7, 11) is 0. The van der Waals surface area contributed by atoms with Gasteiger partial charge in [-0.1, -0.05) is 15.9 Å². The van der Waals surface area contributed by atoms with Crippen LogP contribution in [0.2, 0.25) is 0 Å². The summed E-state index contributed by atoms with van der Waals surface area (Å²) in [6.07, 6.45) is 1.41. The fourth-order valence-corrected chi connectivity index (χ4v) is 1.71. The van der Waals surface area contributed by atoms with Gasteiger partial charge in [0.25, 0.3) is 0 Å². The minimum absolute atomic E-state index is 0.156. The van der Waals surface area contributed by atoms with Crippen molar-refractivity contribution in [1.29, 1.82) is 5.26 Å². The van der Waals surface area contributed by atoms with Gasteiger partial charge in [-0.3, -0.25) is 4.79 Å². The maximum Gasteiger partial charge on any atom is 0.303 e. The predicted molar refractivity (Wildman–Crippen MR) is 59.4 cm³/mol. The van der Waals surface area contributed by atoms with Crippen LogP contribution >= 0.6 is 15.9 Å². The number of benzene rings is 1. The number of halogens is 1. The van der Waals surface area contributed by atoms with Crippen molar-refractivity contribution in [2.75, 3.05) is 0 Å². The monoisotopic (exact) mass is 267 g/mol. The highest BCUT2D eigenvalue weighted by Crippen LogP contribution is 2.20. The Morgan fingerprint density at radius 1 is 1.53 bits per heavy atom. The predicted octanol–water partition coefficient (Wildman–Crippen LogP) is 2.73. The maximum atomic E-state index is 10.3. The molecule has 0 atom stereocenters. The van der Waals surface area contributed by atoms with Gasteiger partial charge in [0.1, 0.15) is 0 Å². The van der Waals surface area contributed by atoms with Crippen molar-refractivity contribution in [3.63, 3.8) is 0 Å². The van der Waals surface area contributed by atoms with Gasteiger partial charge in [-0.25, -0.2) is 0 Å². The summed E-state index contributed by atoms with van der Waals surface area (Å²) >= 11 is 3.37. The highest BCUT2D eigenvalue weighted by atomic mass is 79.9. The highest BCUT2D eigenvalue weighted by molar-refractivity contribution is 9.10. The van der Waals surface area contributed by atoms with Crippen LogP contribution in [0.5, 0.6) is 0 Å². The number of aliphatic carboxylic acids is 1. The second-order valence-corrected chi connectivity index (χ2v) is 4.02. The summed E-state index contributed by atoms with van der Waals surface area (Å²) in [6.45, 7) is 0. The van der Waals surface area contributed by atoms with E-state index in [1.54, 1.807) is 12.1 Å². The highest BCUT2D eigenvalue weighted by Gasteiger charge is 2.03. The molecule has 0 saturated heterocycles. The number of carbonyl (C=O) groups is 1. The molecule has 0 unspecified atom stereocenters. The number of carboxylic acids is 1. The Labute approximate surface area is 96.5 Å². The standard InChI is InChI=1S/C11H10BrNO2/c12-10-5-4-8(7-13)6-9(10)2-1-3-11(14)15/h4-6H,1-3H2,(H,14,15). The van der Waals surface area contributed by atoms with E-state index in [1.165, 1.54) is 0 Å². The van der Waals surface area contributed by atoms with Crippen LogP contribution in [0.4, 0.5) is 0 Å². The van der Waals surface area contributed by atoms with Gasteiger partial charge in [0.15, 0.2) is 0 Å². The quantitative estimate of drug-likeness (QED) is 0.913. The van der Waals surface area contributed by atoms with Gasteiger partial charge in [-0.2, -0.15) is 5.26 Å². The van der Waals surface area contributed by atoms with Crippen LogP contribution in [0.1, 0.15) is 24.0 Å². The van der Waals surface area contributed by atoms with Crippen LogP contribution in [0, 0.1) is 11.3 Å². The molecular formula is C11H10BrNO2. The van der Waals surface area contributed by atoms with Gasteiger partial charge in [0.05, 0.1) is 11.6 Å². The number of nitrogens with zero attached hydrogens (tertiary/aromatic N) is 1. The Morgan fingerprint density at radius 3 is 2.87 bits per heavy atom. The molecule has 15 heavy (non-hydrogen) atoms. The van der Waals surface area contributed by atoms with Gasteiger partial charge in [0, 0.05) is 10.9 Å². The molecule has 78 valence electrons. The molecule has 0 bridgehead atoms. The van der Waals surface area contributed by atoms with Gasteiger partial charge in [-0.15, -0.1) is 0 Å². The normalized spacial score (nSPS) is 9.60. The first-order valence-electron chi connectivity index (χ1n) is 4.54. The molecule has 0 aliphatic carbocycles. The van der Waals surface area contributed by atoms with E-state index < -0.39 is 5.97 Å². The van der Waals surface area contributed by atoms with E-state index in [-0.39, 0.29) is 6.42 Å². The Morgan fingerprint density at radius 2 is 2.27 bits per heavy atom. The minimum Gasteiger partial charge on any atom is -0.481 e. The van der Waals surface area contributed by atoms with Gasteiger partial charge in [-0.05, 0) is 36.6 Å². The van der Waals surface area contributed by atoms with E-state index >= 15 is 0 Å². The second kappa shape index (κ2) is 5.52. The van der Waals surface area contributed by atoms with Crippen molar-refractivity contribution in [3.05, 3.63) is 33.8 Å². The molecule has 1 aromatic rings. The molecule has 0 radical (unpaired) electrons. The zero-order chi connectivity index (χ0) is 11.3. The summed E-state index contributed by atoms with van der Waals surface area (Å²) in [5.74, 6) is -0.789. The molecule has 0 fully saturated rings. The number of hydrogen-bond acceptors (Lipinski definition) is 2. The van der Waals surface area contributed by atoms with Crippen molar-refractivity contribution in [3.8, 4) is 6.07 Å². The first-order valence-corrected chi connectivity index (χ1v) is 5.33. The molecule has 3 nitrogen and oxygen atoms in total. The van der Waals surface area contributed by atoms with Gasteiger partial charge < -0.3 is 5.11 Å². The molecular weight excluding hydrogens is 258 g/mol. The van der Waals surface area contributed by atoms with Crippen LogP contribution in [-0.4, -0.2) is 11.1 Å². The molecule has 0 aliphatic heterocycles. The second-order valence-electron chi connectivity index (χ2n) is 3.17. The molecule has 0 aliphatic rings. The number of aryl methyl sites for hydroxylation is 1. The van der Waals surface area contributed by atoms with Crippen molar-refractivity contribution >= 4 is 21.9 Å². The number of hydrogen-bond donors (Lipinski definition) is 1. The van der Waals surface area contributed by atoms with E-state index in [9.17, 15) is 4.79 Å². The van der Waals surface area contributed by atoms with E-state index in [0.717, 1.165) is 10.0 Å². The van der Waals surface area contributed by atoms with Crippen molar-refractivity contribution in [1.82, 2.24) is 0 Å². The Balaban J connectivity index is 2.68. The summed E-state index contributed by atoms with van der Waals surface area (Å²) in [6, 6.07) is 7.38. The zero-order valence-corrected chi connectivity index (χ0v) is 9.62. The molecule has 0 aromatic heterocycles. The lowest BCUT2D eigenvalue weighted by molar-refractivity contribution is -0.137. The maximum absolute atomic E-state index is 10.3. The minimum atomic E-state index is -0.789. The van der Waals surface area contributed by atoms with Crippen molar-refractivity contribution in [2.45, 2.75) is 19.3 Å². The largest absolute Gasteiger partial charge is 0.481 e. The average molecular weight is 268 g/mol. The smallest absolute Gasteiger partial charge is 0.303 e. The fourth-order valence-electron chi connectivity index (χ4n) is 1.27. The number of nitriles is 1. The molecule has 0 spiro atoms. The Bertz CT molecular complexity index is 410. The first-order chi connectivity index (χ1) is 7.13. The summed E-state index contributed by atoms with van der Waals surface area (Å²) < 4.78 is 0.923. The zero-order valence-electron chi connectivity index (χ0n) is 8.03. The van der Waals surface area contributed by atoms with Gasteiger partial charge >= 0.3 is 5.97 Å². The lowest BCUT2D eigenvalue weighted by atomic mass is 10.1. The van der Waals surface area contributed by atoms with E-state index in [0.29, 0.717) is 18.4 Å². The number of carboxylic acid groups (broad SMARTS) is 1. The molecule has 1 N–H and O–H groups in total. The van der Waals surface area contributed by atoms with Gasteiger partial charge in [0.2, 0.25) is 0 Å². The summed E-state index contributed by atoms with van der Waals surface area (Å²) in [5, 5.41) is 17.2. The summed E-state index contributed by atoms with van der Waals surface area (Å²) in [5.41, 5.74) is 1.58. The van der Waals surface area contributed by atoms with E-state index in [2.05, 4.69) is 22.0 Å². The first kappa shape index (κ1) is 11.7. The third kappa shape index (κ3) is 3.72. The lowest BCUT2D eigenvalue weighted by Gasteiger charge is -2.03. The Hall–Kier alpha value is -1.34. The molecule has 0 heterocycles. The summed E-state index contributed by atoms with van der Waals surface area (Å²) in [4.78, 5) is 10.3. The Kier molecular flexibility index (Phi) is 4.32. The lowest BCUT2D eigenvalue weighted by Crippen LogP contribution is -1.96. The van der Waals surface area contributed by atoms with E-state index in [1.807, 2.05) is 6.07 Å². The molecule has 1 aromatic carbocycles. The van der Waals surface area contributed by atoms with E-state index in [4.69, 9.17) is 10.4 Å². The molecule has 0 saturated carbocycles. The molecule has 0 amide bonds. The van der Waals surface area contributed by atoms with Crippen LogP contribution in [0.15, 0.2) is 22.7 Å². The fraction of sp³-hybridized carbons (Fsp3) is 0.273. The average Bonchev–Trinajstić information content (AvgIpc) is 2.20. The van der Waals surface area contributed by atoms with Crippen LogP contribution in [0.3, 0.4) is 0 Å². The van der Waals surface area contributed by atoms with Crippen LogP contribution in [-0.2, 0) is 11.2 Å². The van der Waals surface area contributed by atoms with Crippen LogP contribution in [0.25, 0.3) is 0 Å². The SMILES string of the molecule is N#Cc1ccc(Br)c(CCCC(=O)O)c1. The third-order valence-corrected chi connectivity index (χ3v) is 2.79. The van der Waals surface area contributed by atoms with Crippen molar-refractivity contribution < 1.29 is 9.90 Å². The molecule has 4 heteroatoms. The topological polar surface area (TPSA) is 61.1 Å². The molecule has 1 rings (SSSR count). The van der Waals surface area contributed by atoms with Crippen LogP contribution < -0.4 is 0 Å².